The van der Waals surface area contributed by atoms with Crippen molar-refractivity contribution in [1.82, 2.24) is 9.97 Å². The van der Waals surface area contributed by atoms with Crippen molar-refractivity contribution in [3.8, 4) is 56.0 Å². The van der Waals surface area contributed by atoms with Crippen LogP contribution in [0.1, 0.15) is 0 Å². The highest BCUT2D eigenvalue weighted by molar-refractivity contribution is 7.27. The third kappa shape index (κ3) is 5.18. The summed E-state index contributed by atoms with van der Waals surface area (Å²) in [6.45, 7) is 0. The number of hydrogen-bond donors (Lipinski definition) is 0. The molecule has 51 heavy (non-hydrogen) atoms. The van der Waals surface area contributed by atoms with Gasteiger partial charge in [0.05, 0.1) is 15.9 Å². The second kappa shape index (κ2) is 12.2. The molecule has 0 N–H and O–H groups in total. The standard InChI is InChI=1S/C48H30N2S/c1-2-11-31(12-3-1)32-23-25-33(26-24-32)36-16-8-17-37(29-36)38-18-9-19-39(30-38)48-49-44(42-22-10-15-34-13-4-6-20-40(34)42)47-45(50-48)43-28-27-35-14-5-7-21-41(35)46(43)51-47/h1-30H. The molecule has 2 heterocycles. The highest BCUT2D eigenvalue weighted by atomic mass is 32.1. The molecule has 0 radical (unpaired) electrons. The normalized spacial score (nSPS) is 11.5. The number of benzene rings is 8. The Bertz CT molecular complexity index is 2900. The van der Waals surface area contributed by atoms with Crippen LogP contribution in [0.5, 0.6) is 0 Å². The first-order valence-corrected chi connectivity index (χ1v) is 18.1. The van der Waals surface area contributed by atoms with Gasteiger partial charge in [0.15, 0.2) is 5.82 Å². The lowest BCUT2D eigenvalue weighted by Gasteiger charge is -2.11. The van der Waals surface area contributed by atoms with E-state index < -0.39 is 0 Å². The van der Waals surface area contributed by atoms with Crippen molar-refractivity contribution in [3.63, 3.8) is 0 Å². The van der Waals surface area contributed by atoms with E-state index in [9.17, 15) is 0 Å². The summed E-state index contributed by atoms with van der Waals surface area (Å²) in [4.78, 5) is 10.7. The van der Waals surface area contributed by atoms with Gasteiger partial charge in [-0.15, -0.1) is 11.3 Å². The zero-order chi connectivity index (χ0) is 33.7. The summed E-state index contributed by atoms with van der Waals surface area (Å²) in [5.74, 6) is 0.729. The van der Waals surface area contributed by atoms with E-state index in [2.05, 4.69) is 182 Å². The molecule has 0 fully saturated rings. The zero-order valence-electron chi connectivity index (χ0n) is 27.6. The Labute approximate surface area is 300 Å². The van der Waals surface area contributed by atoms with Crippen molar-refractivity contribution in [2.45, 2.75) is 0 Å². The number of hydrogen-bond acceptors (Lipinski definition) is 3. The van der Waals surface area contributed by atoms with E-state index >= 15 is 0 Å². The summed E-state index contributed by atoms with van der Waals surface area (Å²) in [6, 6.07) is 65.0. The first-order valence-electron chi connectivity index (χ1n) is 17.2. The van der Waals surface area contributed by atoms with Crippen LogP contribution < -0.4 is 0 Å². The minimum atomic E-state index is 0.729. The number of thiophene rings is 1. The Morgan fingerprint density at radius 2 is 0.863 bits per heavy atom. The molecule has 0 aliphatic rings. The predicted molar refractivity (Wildman–Crippen MR) is 217 cm³/mol. The molecule has 10 rings (SSSR count). The van der Waals surface area contributed by atoms with E-state index in [1.165, 1.54) is 53.9 Å². The number of nitrogens with zero attached hydrogens (tertiary/aromatic N) is 2. The van der Waals surface area contributed by atoms with Gasteiger partial charge in [0.2, 0.25) is 0 Å². The predicted octanol–water partition coefficient (Wildman–Crippen LogP) is 13.5. The van der Waals surface area contributed by atoms with Gasteiger partial charge >= 0.3 is 0 Å². The molecule has 0 atom stereocenters. The molecule has 0 saturated heterocycles. The van der Waals surface area contributed by atoms with E-state index in [1.54, 1.807) is 11.3 Å². The van der Waals surface area contributed by atoms with Crippen molar-refractivity contribution in [2.75, 3.05) is 0 Å². The van der Waals surface area contributed by atoms with E-state index in [1.807, 2.05) is 0 Å². The second-order valence-electron chi connectivity index (χ2n) is 13.0. The third-order valence-electron chi connectivity index (χ3n) is 9.89. The topological polar surface area (TPSA) is 25.8 Å². The number of fused-ring (bicyclic) bond motifs is 6. The van der Waals surface area contributed by atoms with E-state index in [0.29, 0.717) is 0 Å². The first kappa shape index (κ1) is 29.5. The van der Waals surface area contributed by atoms with Crippen LogP contribution in [0.2, 0.25) is 0 Å². The fourth-order valence-electron chi connectivity index (χ4n) is 7.32. The fraction of sp³-hybridized carbons (Fsp3) is 0. The van der Waals surface area contributed by atoms with Crippen molar-refractivity contribution in [2.24, 2.45) is 0 Å². The van der Waals surface area contributed by atoms with Crippen LogP contribution in [0.4, 0.5) is 0 Å². The van der Waals surface area contributed by atoms with Crippen LogP contribution >= 0.6 is 11.3 Å². The van der Waals surface area contributed by atoms with Gasteiger partial charge < -0.3 is 0 Å². The molecule has 0 aliphatic heterocycles. The first-order chi connectivity index (χ1) is 25.3. The lowest BCUT2D eigenvalue weighted by Crippen LogP contribution is -1.94. The summed E-state index contributed by atoms with van der Waals surface area (Å²) >= 11 is 1.80. The maximum atomic E-state index is 5.40. The van der Waals surface area contributed by atoms with Crippen LogP contribution in [-0.4, -0.2) is 9.97 Å². The van der Waals surface area contributed by atoms with Crippen LogP contribution in [0.25, 0.3) is 97.9 Å². The molecule has 0 saturated carbocycles. The van der Waals surface area contributed by atoms with Gasteiger partial charge in [-0.3, -0.25) is 0 Å². The van der Waals surface area contributed by atoms with E-state index in [-0.39, 0.29) is 0 Å². The average Bonchev–Trinajstić information content (AvgIpc) is 3.60. The van der Waals surface area contributed by atoms with Crippen molar-refractivity contribution in [3.05, 3.63) is 182 Å². The maximum absolute atomic E-state index is 5.40. The molecule has 238 valence electrons. The van der Waals surface area contributed by atoms with Crippen LogP contribution in [0, 0.1) is 0 Å². The van der Waals surface area contributed by atoms with Gasteiger partial charge in [-0.05, 0) is 67.1 Å². The average molecular weight is 667 g/mol. The lowest BCUT2D eigenvalue weighted by molar-refractivity contribution is 1.24. The molecule has 2 nitrogen and oxygen atoms in total. The Balaban J connectivity index is 1.11. The van der Waals surface area contributed by atoms with Crippen molar-refractivity contribution in [1.29, 1.82) is 0 Å². The minimum absolute atomic E-state index is 0.729. The SMILES string of the molecule is c1ccc(-c2ccc(-c3cccc(-c4cccc(-c5nc(-c6cccc7ccccc67)c6sc7c8ccccc8ccc7c6n5)c4)c3)cc2)cc1. The van der Waals surface area contributed by atoms with Gasteiger partial charge in [0, 0.05) is 21.2 Å². The van der Waals surface area contributed by atoms with Gasteiger partial charge in [-0.25, -0.2) is 9.97 Å². The molecular weight excluding hydrogens is 637 g/mol. The smallest absolute Gasteiger partial charge is 0.160 e. The summed E-state index contributed by atoms with van der Waals surface area (Å²) < 4.78 is 2.36. The minimum Gasteiger partial charge on any atom is -0.226 e. The second-order valence-corrected chi connectivity index (χ2v) is 14.0. The lowest BCUT2D eigenvalue weighted by atomic mass is 9.96. The van der Waals surface area contributed by atoms with Gasteiger partial charge in [-0.1, -0.05) is 170 Å². The van der Waals surface area contributed by atoms with Crippen LogP contribution in [0.3, 0.4) is 0 Å². The Morgan fingerprint density at radius 1 is 0.333 bits per heavy atom. The summed E-state index contributed by atoms with van der Waals surface area (Å²) in [5.41, 5.74) is 11.2. The highest BCUT2D eigenvalue weighted by Gasteiger charge is 2.19. The number of aromatic nitrogens is 2. The Morgan fingerprint density at radius 3 is 1.63 bits per heavy atom. The van der Waals surface area contributed by atoms with Gasteiger partial charge in [-0.2, -0.15) is 0 Å². The van der Waals surface area contributed by atoms with Gasteiger partial charge in [0.1, 0.15) is 0 Å². The highest BCUT2D eigenvalue weighted by Crippen LogP contribution is 2.43. The van der Waals surface area contributed by atoms with Crippen LogP contribution in [0.15, 0.2) is 182 Å². The van der Waals surface area contributed by atoms with Crippen molar-refractivity contribution >= 4 is 53.2 Å². The summed E-state index contributed by atoms with van der Waals surface area (Å²) in [7, 11) is 0. The molecular formula is C48H30N2S. The maximum Gasteiger partial charge on any atom is 0.160 e. The summed E-state index contributed by atoms with van der Waals surface area (Å²) in [5, 5.41) is 6.04. The monoisotopic (exact) mass is 666 g/mol. The molecule has 0 unspecified atom stereocenters. The molecule has 0 amide bonds. The Kier molecular flexibility index (Phi) is 7.04. The zero-order valence-corrected chi connectivity index (χ0v) is 28.4. The molecule has 2 aromatic heterocycles. The molecule has 10 aromatic rings. The Hall–Kier alpha value is -6.42. The molecule has 0 spiro atoms. The molecule has 0 bridgehead atoms. The van der Waals surface area contributed by atoms with Crippen LogP contribution in [-0.2, 0) is 0 Å². The quantitative estimate of drug-likeness (QED) is 0.183. The van der Waals surface area contributed by atoms with Gasteiger partial charge in [0.25, 0.3) is 0 Å². The van der Waals surface area contributed by atoms with E-state index in [0.717, 1.165) is 44.0 Å². The largest absolute Gasteiger partial charge is 0.226 e. The molecule has 0 aliphatic carbocycles. The summed E-state index contributed by atoms with van der Waals surface area (Å²) in [6.07, 6.45) is 0. The third-order valence-corrected chi connectivity index (χ3v) is 11.1. The molecule has 3 heteroatoms. The molecule has 8 aromatic carbocycles. The van der Waals surface area contributed by atoms with E-state index in [4.69, 9.17) is 9.97 Å². The van der Waals surface area contributed by atoms with Crippen molar-refractivity contribution < 1.29 is 0 Å². The number of rotatable bonds is 5. The fourth-order valence-corrected chi connectivity index (χ4v) is 8.60.